The lowest BCUT2D eigenvalue weighted by atomic mass is 10.1. The number of hydrogen-bond acceptors (Lipinski definition) is 3. The highest BCUT2D eigenvalue weighted by molar-refractivity contribution is 7.09. The van der Waals surface area contributed by atoms with E-state index in [2.05, 4.69) is 42.3 Å². The maximum atomic E-state index is 4.24. The van der Waals surface area contributed by atoms with Crippen molar-refractivity contribution in [3.8, 4) is 0 Å². The van der Waals surface area contributed by atoms with E-state index >= 15 is 0 Å². The summed E-state index contributed by atoms with van der Waals surface area (Å²) < 4.78 is 0. The smallest absolute Gasteiger partial charge is 0.106 e. The average molecular weight is 232 g/mol. The first kappa shape index (κ1) is 11.3. The number of nitrogens with zero attached hydrogens (tertiary/aromatic N) is 1. The van der Waals surface area contributed by atoms with Gasteiger partial charge in [-0.3, -0.25) is 0 Å². The van der Waals surface area contributed by atoms with Gasteiger partial charge in [0.15, 0.2) is 0 Å². The predicted molar refractivity (Wildman–Crippen MR) is 68.6 cm³/mol. The fourth-order valence-corrected chi connectivity index (χ4v) is 2.22. The number of hydrogen-bond donors (Lipinski definition) is 1. The van der Waals surface area contributed by atoms with Crippen molar-refractivity contribution in [2.75, 3.05) is 0 Å². The van der Waals surface area contributed by atoms with Crippen LogP contribution in [-0.4, -0.2) is 4.98 Å². The molecule has 0 saturated carbocycles. The zero-order chi connectivity index (χ0) is 11.4. The fourth-order valence-electron chi connectivity index (χ4n) is 1.64. The van der Waals surface area contributed by atoms with E-state index in [9.17, 15) is 0 Å². The van der Waals surface area contributed by atoms with Crippen LogP contribution in [0.3, 0.4) is 0 Å². The molecule has 2 aromatic rings. The summed E-state index contributed by atoms with van der Waals surface area (Å²) in [6.07, 6.45) is 1.85. The van der Waals surface area contributed by atoms with Gasteiger partial charge in [-0.05, 0) is 25.0 Å². The van der Waals surface area contributed by atoms with E-state index in [0.717, 1.165) is 18.1 Å². The van der Waals surface area contributed by atoms with Crippen molar-refractivity contribution < 1.29 is 0 Å². The second-order valence-corrected chi connectivity index (χ2v) is 4.94. The molecule has 0 aliphatic carbocycles. The highest BCUT2D eigenvalue weighted by Gasteiger charge is 1.99. The van der Waals surface area contributed by atoms with Gasteiger partial charge in [-0.15, -0.1) is 11.3 Å². The molecule has 0 amide bonds. The second kappa shape index (κ2) is 5.23. The molecule has 0 aliphatic rings. The summed E-state index contributed by atoms with van der Waals surface area (Å²) in [5.74, 6) is 0. The molecule has 0 atom stereocenters. The first-order chi connectivity index (χ1) is 7.75. The first-order valence-corrected chi connectivity index (χ1v) is 6.29. The lowest BCUT2D eigenvalue weighted by Crippen LogP contribution is -2.13. The molecule has 2 nitrogen and oxygen atoms in total. The average Bonchev–Trinajstić information content (AvgIpc) is 2.76. The van der Waals surface area contributed by atoms with Crippen molar-refractivity contribution in [2.45, 2.75) is 26.9 Å². The molecule has 84 valence electrons. The molecule has 1 N–H and O–H groups in total. The first-order valence-electron chi connectivity index (χ1n) is 5.41. The van der Waals surface area contributed by atoms with Crippen LogP contribution in [0.2, 0.25) is 0 Å². The number of aryl methyl sites for hydroxylation is 2. The Bertz CT molecular complexity index is 449. The molecule has 0 bridgehead atoms. The normalized spacial score (nSPS) is 10.6. The predicted octanol–water partition coefficient (Wildman–Crippen LogP) is 3.05. The van der Waals surface area contributed by atoms with Crippen LogP contribution < -0.4 is 5.32 Å². The molecule has 0 radical (unpaired) electrons. The molecule has 1 aromatic heterocycles. The van der Waals surface area contributed by atoms with E-state index in [-0.39, 0.29) is 0 Å². The topological polar surface area (TPSA) is 24.9 Å². The summed E-state index contributed by atoms with van der Waals surface area (Å²) in [4.78, 5) is 4.24. The van der Waals surface area contributed by atoms with E-state index in [0.29, 0.717) is 0 Å². The van der Waals surface area contributed by atoms with Crippen molar-refractivity contribution in [1.29, 1.82) is 0 Å². The number of nitrogens with one attached hydrogen (secondary N) is 1. The summed E-state index contributed by atoms with van der Waals surface area (Å²) >= 11 is 1.69. The molecule has 1 heterocycles. The lowest BCUT2D eigenvalue weighted by Gasteiger charge is -2.07. The van der Waals surface area contributed by atoms with Gasteiger partial charge in [0.25, 0.3) is 0 Å². The van der Waals surface area contributed by atoms with E-state index in [1.165, 1.54) is 16.7 Å². The van der Waals surface area contributed by atoms with Crippen molar-refractivity contribution in [2.24, 2.45) is 0 Å². The minimum atomic E-state index is 0.852. The van der Waals surface area contributed by atoms with Crippen molar-refractivity contribution in [3.05, 3.63) is 51.5 Å². The van der Waals surface area contributed by atoms with Gasteiger partial charge in [-0.2, -0.15) is 0 Å². The Kier molecular flexibility index (Phi) is 3.70. The van der Waals surface area contributed by atoms with Crippen LogP contribution in [0.1, 0.15) is 21.7 Å². The number of thiazole rings is 1. The molecule has 0 unspecified atom stereocenters. The summed E-state index contributed by atoms with van der Waals surface area (Å²) in [5, 5.41) is 6.57. The van der Waals surface area contributed by atoms with E-state index in [1.807, 2.05) is 11.6 Å². The van der Waals surface area contributed by atoms with Gasteiger partial charge >= 0.3 is 0 Å². The molecule has 1 aromatic carbocycles. The van der Waals surface area contributed by atoms with Crippen molar-refractivity contribution in [1.82, 2.24) is 10.3 Å². The highest BCUT2D eigenvalue weighted by Crippen LogP contribution is 2.11. The molecule has 0 saturated heterocycles. The zero-order valence-electron chi connectivity index (χ0n) is 9.66. The minimum Gasteiger partial charge on any atom is -0.306 e. The van der Waals surface area contributed by atoms with Crippen molar-refractivity contribution >= 4 is 11.3 Å². The Balaban J connectivity index is 1.92. The number of aromatic nitrogens is 1. The number of rotatable bonds is 4. The third kappa shape index (κ3) is 2.90. The lowest BCUT2D eigenvalue weighted by molar-refractivity contribution is 0.687. The van der Waals surface area contributed by atoms with E-state index < -0.39 is 0 Å². The molecule has 3 heteroatoms. The summed E-state index contributed by atoms with van der Waals surface area (Å²) in [6.45, 7) is 6.04. The van der Waals surface area contributed by atoms with Crippen LogP contribution in [-0.2, 0) is 13.1 Å². The molecule has 0 spiro atoms. The largest absolute Gasteiger partial charge is 0.306 e. The van der Waals surface area contributed by atoms with Crippen LogP contribution in [0.25, 0.3) is 0 Å². The van der Waals surface area contributed by atoms with Crippen molar-refractivity contribution in [3.63, 3.8) is 0 Å². The Morgan fingerprint density at radius 3 is 2.88 bits per heavy atom. The second-order valence-electron chi connectivity index (χ2n) is 3.96. The van der Waals surface area contributed by atoms with E-state index in [4.69, 9.17) is 0 Å². The molecule has 16 heavy (non-hydrogen) atoms. The summed E-state index contributed by atoms with van der Waals surface area (Å²) in [7, 11) is 0. The maximum absolute atomic E-state index is 4.24. The van der Waals surface area contributed by atoms with Gasteiger partial charge in [-0.25, -0.2) is 4.98 Å². The van der Waals surface area contributed by atoms with Gasteiger partial charge in [-0.1, -0.05) is 23.8 Å². The molecule has 0 aliphatic heterocycles. The van der Waals surface area contributed by atoms with Gasteiger partial charge in [0.1, 0.15) is 5.01 Å². The molecule has 2 rings (SSSR count). The van der Waals surface area contributed by atoms with Crippen LogP contribution in [0.15, 0.2) is 29.8 Å². The van der Waals surface area contributed by atoms with Crippen LogP contribution in [0.4, 0.5) is 0 Å². The monoisotopic (exact) mass is 232 g/mol. The van der Waals surface area contributed by atoms with Gasteiger partial charge in [0, 0.05) is 24.7 Å². The quantitative estimate of drug-likeness (QED) is 0.876. The summed E-state index contributed by atoms with van der Waals surface area (Å²) in [6, 6.07) is 6.57. The Hall–Kier alpha value is -1.19. The maximum Gasteiger partial charge on any atom is 0.106 e. The van der Waals surface area contributed by atoms with Gasteiger partial charge in [0.2, 0.25) is 0 Å². The van der Waals surface area contributed by atoms with Gasteiger partial charge < -0.3 is 5.32 Å². The fraction of sp³-hybridized carbons (Fsp3) is 0.308. The van der Waals surface area contributed by atoms with Crippen LogP contribution in [0.5, 0.6) is 0 Å². The SMILES string of the molecule is Cc1ccc(C)c(CNCc2nccs2)c1. The third-order valence-corrected chi connectivity index (χ3v) is 3.36. The minimum absolute atomic E-state index is 0.852. The van der Waals surface area contributed by atoms with E-state index in [1.54, 1.807) is 11.3 Å². The number of benzene rings is 1. The standard InChI is InChI=1S/C13H16N2S/c1-10-3-4-11(2)12(7-10)8-14-9-13-15-5-6-16-13/h3-7,14H,8-9H2,1-2H3. The molecule has 0 fully saturated rings. The summed E-state index contributed by atoms with van der Waals surface area (Å²) in [5.41, 5.74) is 4.03. The zero-order valence-corrected chi connectivity index (χ0v) is 10.5. The van der Waals surface area contributed by atoms with Gasteiger partial charge in [0.05, 0.1) is 0 Å². The Labute approximate surface area is 100 Å². The third-order valence-electron chi connectivity index (χ3n) is 2.58. The highest BCUT2D eigenvalue weighted by atomic mass is 32.1. The Morgan fingerprint density at radius 2 is 2.12 bits per heavy atom. The van der Waals surface area contributed by atoms with Crippen LogP contribution in [0, 0.1) is 13.8 Å². The van der Waals surface area contributed by atoms with Crippen LogP contribution >= 0.6 is 11.3 Å². The molecular formula is C13H16N2S. The Morgan fingerprint density at radius 1 is 1.25 bits per heavy atom. The molecular weight excluding hydrogens is 216 g/mol.